The molecule has 0 saturated carbocycles. The molecule has 0 aromatic heterocycles. The van der Waals surface area contributed by atoms with Crippen LogP contribution in [0.2, 0.25) is 0 Å². The Balaban J connectivity index is 1.54. The normalized spacial score (nSPS) is 21.3. The largest absolute Gasteiger partial charge is 0.352 e. The lowest BCUT2D eigenvalue weighted by Gasteiger charge is -2.37. The van der Waals surface area contributed by atoms with Crippen LogP contribution in [0.1, 0.15) is 53.7 Å². The predicted molar refractivity (Wildman–Crippen MR) is 154 cm³/mol. The van der Waals surface area contributed by atoms with Gasteiger partial charge in [0.2, 0.25) is 0 Å². The van der Waals surface area contributed by atoms with E-state index in [0.29, 0.717) is 22.4 Å². The quantitative estimate of drug-likeness (QED) is 0.125. The molecule has 0 radical (unpaired) electrons. The SMILES string of the molecule is Cc1ccc(C(=O)[C@@H]2[C@H](c3ccc([N+](=O)[O-])cc3)C3(C(=O)c4ccccc4C3=O)[C@H]3C=Cc4cc(F)ccc4N23)cc1. The molecule has 7 rings (SSSR count). The molecule has 4 aromatic carbocycles. The van der Waals surface area contributed by atoms with Crippen LogP contribution in [-0.4, -0.2) is 34.4 Å². The van der Waals surface area contributed by atoms with E-state index < -0.39 is 45.7 Å². The number of aryl methyl sites for hydroxylation is 1. The molecular weight excluding hydrogens is 535 g/mol. The number of ketones is 3. The van der Waals surface area contributed by atoms with Crippen molar-refractivity contribution in [1.29, 1.82) is 0 Å². The summed E-state index contributed by atoms with van der Waals surface area (Å²) in [5, 5.41) is 11.5. The van der Waals surface area contributed by atoms with E-state index in [4.69, 9.17) is 0 Å². The van der Waals surface area contributed by atoms with Crippen molar-refractivity contribution < 1.29 is 23.7 Å². The van der Waals surface area contributed by atoms with Gasteiger partial charge in [-0.1, -0.05) is 78.4 Å². The van der Waals surface area contributed by atoms with Crippen molar-refractivity contribution in [1.82, 2.24) is 0 Å². The zero-order valence-electron chi connectivity index (χ0n) is 22.4. The van der Waals surface area contributed by atoms with Crippen LogP contribution in [0, 0.1) is 28.3 Å². The maximum Gasteiger partial charge on any atom is 0.269 e. The molecule has 0 amide bonds. The minimum atomic E-state index is -1.74. The third-order valence-electron chi connectivity index (χ3n) is 8.83. The number of fused-ring (bicyclic) bond motifs is 5. The van der Waals surface area contributed by atoms with Crippen molar-refractivity contribution in [2.75, 3.05) is 4.90 Å². The Hall–Kier alpha value is -5.24. The second-order valence-corrected chi connectivity index (χ2v) is 11.0. The first-order valence-electron chi connectivity index (χ1n) is 13.5. The van der Waals surface area contributed by atoms with E-state index in [-0.39, 0.29) is 22.6 Å². The van der Waals surface area contributed by atoms with Crippen LogP contribution in [0.15, 0.2) is 97.1 Å². The summed E-state index contributed by atoms with van der Waals surface area (Å²) in [6.07, 6.45) is 3.40. The number of Topliss-reactive ketones (excluding diaryl/α,β-unsaturated/α-hetero) is 3. The van der Waals surface area contributed by atoms with E-state index in [9.17, 15) is 28.9 Å². The Kier molecular flexibility index (Phi) is 5.59. The molecule has 2 aliphatic heterocycles. The van der Waals surface area contributed by atoms with Gasteiger partial charge in [0.05, 0.1) is 11.0 Å². The van der Waals surface area contributed by atoms with Crippen LogP contribution in [0.5, 0.6) is 0 Å². The molecule has 3 aliphatic rings. The summed E-state index contributed by atoms with van der Waals surface area (Å²) in [4.78, 5) is 56.5. The molecule has 0 N–H and O–H groups in total. The Morgan fingerprint density at radius 3 is 2.17 bits per heavy atom. The van der Waals surface area contributed by atoms with Crippen LogP contribution >= 0.6 is 0 Å². The summed E-state index contributed by atoms with van der Waals surface area (Å²) in [6, 6.07) is 21.7. The lowest BCUT2D eigenvalue weighted by molar-refractivity contribution is -0.384. The summed E-state index contributed by atoms with van der Waals surface area (Å²) in [5.41, 5.74) is 1.49. The summed E-state index contributed by atoms with van der Waals surface area (Å²) < 4.78 is 14.4. The first-order valence-corrected chi connectivity index (χ1v) is 13.5. The minimum absolute atomic E-state index is 0.155. The van der Waals surface area contributed by atoms with Crippen molar-refractivity contribution in [3.05, 3.63) is 146 Å². The molecule has 1 spiro atoms. The predicted octanol–water partition coefficient (Wildman–Crippen LogP) is 6.36. The number of halogens is 1. The molecule has 1 aliphatic carbocycles. The number of hydrogen-bond acceptors (Lipinski definition) is 6. The van der Waals surface area contributed by atoms with Crippen LogP contribution in [0.3, 0.4) is 0 Å². The number of hydrogen-bond donors (Lipinski definition) is 0. The zero-order chi connectivity index (χ0) is 29.3. The average molecular weight is 559 g/mol. The van der Waals surface area contributed by atoms with Gasteiger partial charge in [-0.15, -0.1) is 0 Å². The molecule has 0 unspecified atom stereocenters. The second kappa shape index (κ2) is 9.14. The molecule has 4 aromatic rings. The Labute approximate surface area is 240 Å². The van der Waals surface area contributed by atoms with Gasteiger partial charge in [-0.2, -0.15) is 0 Å². The third kappa shape index (κ3) is 3.41. The number of nitro groups is 1. The van der Waals surface area contributed by atoms with E-state index in [2.05, 4.69) is 0 Å². The third-order valence-corrected chi connectivity index (χ3v) is 8.83. The van der Waals surface area contributed by atoms with Crippen molar-refractivity contribution >= 4 is 34.8 Å². The number of anilines is 1. The molecule has 42 heavy (non-hydrogen) atoms. The highest BCUT2D eigenvalue weighted by atomic mass is 19.1. The number of nitrogens with zero attached hydrogens (tertiary/aromatic N) is 2. The molecule has 8 heteroatoms. The number of rotatable bonds is 4. The van der Waals surface area contributed by atoms with Gasteiger partial charge in [-0.3, -0.25) is 24.5 Å². The molecule has 1 saturated heterocycles. The van der Waals surface area contributed by atoms with Crippen LogP contribution in [0.4, 0.5) is 15.8 Å². The van der Waals surface area contributed by atoms with E-state index in [1.54, 1.807) is 59.5 Å². The van der Waals surface area contributed by atoms with Crippen LogP contribution < -0.4 is 4.90 Å². The Morgan fingerprint density at radius 1 is 0.905 bits per heavy atom. The van der Waals surface area contributed by atoms with Gasteiger partial charge in [-0.05, 0) is 30.7 Å². The van der Waals surface area contributed by atoms with Gasteiger partial charge in [-0.25, -0.2) is 4.39 Å². The number of nitro benzene ring substituents is 1. The summed E-state index contributed by atoms with van der Waals surface area (Å²) in [5.74, 6) is -2.60. The summed E-state index contributed by atoms with van der Waals surface area (Å²) in [6.45, 7) is 1.90. The fourth-order valence-corrected chi connectivity index (χ4v) is 7.01. The van der Waals surface area contributed by atoms with Gasteiger partial charge >= 0.3 is 0 Å². The standard InChI is InChI=1S/C34H23FN2O5/c1-19-6-8-21(9-7-19)31(38)30-29(20-10-14-24(15-11-20)37(41)42)34(32(39)25-4-2-3-5-26(25)33(34)40)28-17-12-22-18-23(35)13-16-27(22)36(28)30/h2-18,28-30H,1H3/t28-,29+,30+/m1/s1. The number of carbonyl (C=O) groups excluding carboxylic acids is 3. The monoisotopic (exact) mass is 558 g/mol. The Bertz CT molecular complexity index is 1830. The molecule has 2 heterocycles. The number of benzene rings is 4. The van der Waals surface area contributed by atoms with Crippen LogP contribution in [0.25, 0.3) is 6.08 Å². The number of non-ortho nitro benzene ring substituents is 1. The zero-order valence-corrected chi connectivity index (χ0v) is 22.4. The van der Waals surface area contributed by atoms with E-state index in [0.717, 1.165) is 5.56 Å². The van der Waals surface area contributed by atoms with Gasteiger partial charge in [0.25, 0.3) is 5.69 Å². The van der Waals surface area contributed by atoms with Crippen molar-refractivity contribution in [2.24, 2.45) is 5.41 Å². The van der Waals surface area contributed by atoms with E-state index in [1.165, 1.54) is 36.4 Å². The van der Waals surface area contributed by atoms with E-state index in [1.807, 2.05) is 19.1 Å². The molecule has 1 fully saturated rings. The fourth-order valence-electron chi connectivity index (χ4n) is 7.01. The number of carbonyl (C=O) groups is 3. The molecule has 7 nitrogen and oxygen atoms in total. The highest BCUT2D eigenvalue weighted by Gasteiger charge is 2.71. The molecule has 0 bridgehead atoms. The smallest absolute Gasteiger partial charge is 0.269 e. The van der Waals surface area contributed by atoms with Gasteiger partial charge in [0.1, 0.15) is 17.3 Å². The maximum absolute atomic E-state index is 14.6. The van der Waals surface area contributed by atoms with Crippen molar-refractivity contribution in [2.45, 2.75) is 24.9 Å². The minimum Gasteiger partial charge on any atom is -0.352 e. The topological polar surface area (TPSA) is 97.6 Å². The van der Waals surface area contributed by atoms with Crippen LogP contribution in [-0.2, 0) is 0 Å². The van der Waals surface area contributed by atoms with Gasteiger partial charge in [0, 0.05) is 46.0 Å². The molecule has 3 atom stereocenters. The van der Waals surface area contributed by atoms with E-state index >= 15 is 0 Å². The molecule has 206 valence electrons. The average Bonchev–Trinajstić information content (AvgIpc) is 3.43. The first-order chi connectivity index (χ1) is 20.2. The van der Waals surface area contributed by atoms with Gasteiger partial charge < -0.3 is 4.90 Å². The fraction of sp³-hybridized carbons (Fsp3) is 0.147. The van der Waals surface area contributed by atoms with Crippen molar-refractivity contribution in [3.63, 3.8) is 0 Å². The Morgan fingerprint density at radius 2 is 1.55 bits per heavy atom. The lowest BCUT2D eigenvalue weighted by Crippen LogP contribution is -2.48. The van der Waals surface area contributed by atoms with Crippen molar-refractivity contribution in [3.8, 4) is 0 Å². The summed E-state index contributed by atoms with van der Waals surface area (Å²) >= 11 is 0. The maximum atomic E-state index is 14.6. The lowest BCUT2D eigenvalue weighted by atomic mass is 9.64. The highest BCUT2D eigenvalue weighted by Crippen LogP contribution is 2.61. The summed E-state index contributed by atoms with van der Waals surface area (Å²) in [7, 11) is 0. The second-order valence-electron chi connectivity index (χ2n) is 11.0. The van der Waals surface area contributed by atoms with Gasteiger partial charge in [0.15, 0.2) is 17.3 Å². The first kappa shape index (κ1) is 25.7. The highest BCUT2D eigenvalue weighted by molar-refractivity contribution is 6.32. The molecular formula is C34H23FN2O5.